The average Bonchev–Trinajstić information content (AvgIpc) is 2.82. The van der Waals surface area contributed by atoms with Crippen molar-refractivity contribution in [1.29, 1.82) is 0 Å². The number of aryl methyl sites for hydroxylation is 2. The second-order valence-electron chi connectivity index (χ2n) is 5.31. The fraction of sp³-hybridized carbons (Fsp3) is 0.438. The first-order valence-corrected chi connectivity index (χ1v) is 7.67. The number of imidazole rings is 1. The van der Waals surface area contributed by atoms with Gasteiger partial charge in [-0.05, 0) is 31.9 Å². The van der Waals surface area contributed by atoms with E-state index in [4.69, 9.17) is 11.6 Å². The van der Waals surface area contributed by atoms with Gasteiger partial charge in [0.25, 0.3) is 0 Å². The molecule has 0 fully saturated rings. The monoisotopic (exact) mass is 307 g/mol. The molecule has 0 unspecified atom stereocenters. The van der Waals surface area contributed by atoms with Crippen LogP contribution >= 0.6 is 11.6 Å². The minimum absolute atomic E-state index is 0.333. The van der Waals surface area contributed by atoms with Gasteiger partial charge in [0.1, 0.15) is 11.6 Å². The third-order valence-corrected chi connectivity index (χ3v) is 3.95. The summed E-state index contributed by atoms with van der Waals surface area (Å²) in [5, 5.41) is 13.8. The normalized spacial score (nSPS) is 10.9. The van der Waals surface area contributed by atoms with Gasteiger partial charge >= 0.3 is 0 Å². The molecule has 0 atom stereocenters. The van der Waals surface area contributed by atoms with Crippen LogP contribution in [-0.2, 0) is 13.0 Å². The lowest BCUT2D eigenvalue weighted by molar-refractivity contribution is 0.467. The SMILES string of the molecule is CCCCc1nc(Cl)c(CNc2ccc(C)c(O)c2C)[nH]1. The predicted molar refractivity (Wildman–Crippen MR) is 87.1 cm³/mol. The van der Waals surface area contributed by atoms with Crippen LogP contribution in [0.4, 0.5) is 5.69 Å². The predicted octanol–water partition coefficient (Wildman–Crippen LogP) is 4.34. The number of aromatic hydroxyl groups is 1. The Bertz CT molecular complexity index is 622. The maximum atomic E-state index is 9.95. The summed E-state index contributed by atoms with van der Waals surface area (Å²) in [7, 11) is 0. The molecule has 1 heterocycles. The van der Waals surface area contributed by atoms with Crippen molar-refractivity contribution < 1.29 is 5.11 Å². The molecule has 0 saturated heterocycles. The van der Waals surface area contributed by atoms with Crippen molar-refractivity contribution >= 4 is 17.3 Å². The molecular weight excluding hydrogens is 286 g/mol. The molecule has 1 aromatic carbocycles. The van der Waals surface area contributed by atoms with E-state index in [1.54, 1.807) is 0 Å². The van der Waals surface area contributed by atoms with Crippen molar-refractivity contribution in [2.24, 2.45) is 0 Å². The van der Waals surface area contributed by atoms with Crippen molar-refractivity contribution in [3.05, 3.63) is 39.9 Å². The number of H-pyrrole nitrogens is 1. The fourth-order valence-electron chi connectivity index (χ4n) is 2.23. The van der Waals surface area contributed by atoms with Crippen molar-refractivity contribution in [1.82, 2.24) is 9.97 Å². The van der Waals surface area contributed by atoms with Gasteiger partial charge in [-0.15, -0.1) is 0 Å². The number of benzene rings is 1. The Labute approximate surface area is 130 Å². The van der Waals surface area contributed by atoms with Gasteiger partial charge in [-0.3, -0.25) is 0 Å². The molecule has 1 aromatic heterocycles. The number of nitrogens with one attached hydrogen (secondary N) is 2. The molecule has 3 N–H and O–H groups in total. The minimum atomic E-state index is 0.333. The lowest BCUT2D eigenvalue weighted by Crippen LogP contribution is -2.02. The van der Waals surface area contributed by atoms with Gasteiger partial charge in [0.2, 0.25) is 0 Å². The third kappa shape index (κ3) is 3.70. The van der Waals surface area contributed by atoms with E-state index < -0.39 is 0 Å². The van der Waals surface area contributed by atoms with Crippen LogP contribution in [0.15, 0.2) is 12.1 Å². The summed E-state index contributed by atoms with van der Waals surface area (Å²) >= 11 is 6.15. The van der Waals surface area contributed by atoms with Gasteiger partial charge < -0.3 is 15.4 Å². The molecule has 0 spiro atoms. The number of phenolic OH excluding ortho intramolecular Hbond substituents is 1. The van der Waals surface area contributed by atoms with Crippen LogP contribution < -0.4 is 5.32 Å². The average molecular weight is 308 g/mol. The van der Waals surface area contributed by atoms with E-state index in [-0.39, 0.29) is 0 Å². The summed E-state index contributed by atoms with van der Waals surface area (Å²) in [4.78, 5) is 7.60. The lowest BCUT2D eigenvalue weighted by atomic mass is 10.1. The molecular formula is C16H22ClN3O. The molecule has 0 saturated carbocycles. The maximum absolute atomic E-state index is 9.95. The number of anilines is 1. The highest BCUT2D eigenvalue weighted by atomic mass is 35.5. The molecule has 114 valence electrons. The van der Waals surface area contributed by atoms with Gasteiger partial charge in [0.05, 0.1) is 12.2 Å². The van der Waals surface area contributed by atoms with E-state index in [2.05, 4.69) is 22.2 Å². The van der Waals surface area contributed by atoms with Crippen molar-refractivity contribution in [2.75, 3.05) is 5.32 Å². The zero-order chi connectivity index (χ0) is 15.4. The van der Waals surface area contributed by atoms with Crippen molar-refractivity contribution in [3.63, 3.8) is 0 Å². The highest BCUT2D eigenvalue weighted by Crippen LogP contribution is 2.28. The number of rotatable bonds is 6. The van der Waals surface area contributed by atoms with E-state index in [1.165, 1.54) is 0 Å². The highest BCUT2D eigenvalue weighted by molar-refractivity contribution is 6.30. The van der Waals surface area contributed by atoms with E-state index in [0.717, 1.165) is 47.6 Å². The second-order valence-corrected chi connectivity index (χ2v) is 5.67. The van der Waals surface area contributed by atoms with Gasteiger partial charge in [0, 0.05) is 17.7 Å². The van der Waals surface area contributed by atoms with E-state index in [1.807, 2.05) is 26.0 Å². The van der Waals surface area contributed by atoms with Gasteiger partial charge in [-0.25, -0.2) is 4.98 Å². The first-order chi connectivity index (χ1) is 10.0. The summed E-state index contributed by atoms with van der Waals surface area (Å²) in [6.07, 6.45) is 3.15. The number of hydrogen-bond acceptors (Lipinski definition) is 3. The molecule has 0 radical (unpaired) electrons. The number of aromatic nitrogens is 2. The Balaban J connectivity index is 2.06. The van der Waals surface area contributed by atoms with Crippen LogP contribution in [0.25, 0.3) is 0 Å². The number of aromatic amines is 1. The Morgan fingerprint density at radius 3 is 2.81 bits per heavy atom. The first-order valence-electron chi connectivity index (χ1n) is 7.29. The Morgan fingerprint density at radius 1 is 1.33 bits per heavy atom. The van der Waals surface area contributed by atoms with Crippen LogP contribution in [-0.4, -0.2) is 15.1 Å². The zero-order valence-corrected chi connectivity index (χ0v) is 13.5. The fourth-order valence-corrected chi connectivity index (χ4v) is 2.45. The van der Waals surface area contributed by atoms with Crippen LogP contribution in [0.3, 0.4) is 0 Å². The third-order valence-electron chi connectivity index (χ3n) is 3.63. The summed E-state index contributed by atoms with van der Waals surface area (Å²) in [6.45, 7) is 6.49. The van der Waals surface area contributed by atoms with Crippen LogP contribution in [0.1, 0.15) is 42.4 Å². The van der Waals surface area contributed by atoms with Crippen molar-refractivity contribution in [2.45, 2.75) is 46.6 Å². The molecule has 5 heteroatoms. The second kappa shape index (κ2) is 6.85. The smallest absolute Gasteiger partial charge is 0.152 e. The van der Waals surface area contributed by atoms with Gasteiger partial charge in [-0.1, -0.05) is 31.0 Å². The van der Waals surface area contributed by atoms with Crippen LogP contribution in [0, 0.1) is 13.8 Å². The molecule has 4 nitrogen and oxygen atoms in total. The standard InChI is InChI=1S/C16H22ClN3O/c1-4-5-6-14-19-13(16(17)20-14)9-18-12-8-7-10(2)15(21)11(12)3/h7-8,18,21H,4-6,9H2,1-3H3,(H,19,20). The number of hydrogen-bond donors (Lipinski definition) is 3. The van der Waals surface area contributed by atoms with E-state index in [9.17, 15) is 5.11 Å². The lowest BCUT2D eigenvalue weighted by Gasteiger charge is -2.11. The number of phenols is 1. The highest BCUT2D eigenvalue weighted by Gasteiger charge is 2.10. The Kier molecular flexibility index (Phi) is 5.12. The summed E-state index contributed by atoms with van der Waals surface area (Å²) in [6, 6.07) is 3.86. The molecule has 21 heavy (non-hydrogen) atoms. The number of unbranched alkanes of at least 4 members (excludes halogenated alkanes) is 1. The van der Waals surface area contributed by atoms with Crippen molar-refractivity contribution in [3.8, 4) is 5.75 Å². The number of nitrogens with zero attached hydrogens (tertiary/aromatic N) is 1. The number of halogens is 1. The van der Waals surface area contributed by atoms with Crippen LogP contribution in [0.5, 0.6) is 5.75 Å². The van der Waals surface area contributed by atoms with Gasteiger partial charge in [0.15, 0.2) is 5.15 Å². The molecule has 0 bridgehead atoms. The largest absolute Gasteiger partial charge is 0.507 e. The van der Waals surface area contributed by atoms with E-state index in [0.29, 0.717) is 17.4 Å². The Morgan fingerprint density at radius 2 is 2.10 bits per heavy atom. The maximum Gasteiger partial charge on any atom is 0.152 e. The van der Waals surface area contributed by atoms with Crippen LogP contribution in [0.2, 0.25) is 5.15 Å². The first kappa shape index (κ1) is 15.7. The summed E-state index contributed by atoms with van der Waals surface area (Å²) in [5.41, 5.74) is 3.50. The molecule has 0 amide bonds. The molecule has 0 aliphatic rings. The topological polar surface area (TPSA) is 60.9 Å². The molecule has 2 rings (SSSR count). The Hall–Kier alpha value is -1.68. The minimum Gasteiger partial charge on any atom is -0.507 e. The molecule has 0 aliphatic heterocycles. The van der Waals surface area contributed by atoms with E-state index >= 15 is 0 Å². The van der Waals surface area contributed by atoms with Gasteiger partial charge in [-0.2, -0.15) is 0 Å². The summed E-state index contributed by atoms with van der Waals surface area (Å²) in [5.74, 6) is 1.27. The quantitative estimate of drug-likeness (QED) is 0.744. The molecule has 0 aliphatic carbocycles. The molecule has 2 aromatic rings. The summed E-state index contributed by atoms with van der Waals surface area (Å²) < 4.78 is 0. The zero-order valence-electron chi connectivity index (χ0n) is 12.8.